The number of ketones is 1. The topological polar surface area (TPSA) is 33.8 Å². The van der Waals surface area contributed by atoms with Gasteiger partial charge in [0.1, 0.15) is 6.15 Å². The van der Waals surface area contributed by atoms with Crippen LogP contribution in [-0.2, 0) is 62.1 Å². The molecular weight excluding hydrogens is 1110 g/mol. The minimum Gasteiger partial charge on any atom is -0.287 e. The molecule has 0 aliphatic carbocycles. The Bertz CT molecular complexity index is 2610. The van der Waals surface area contributed by atoms with Crippen LogP contribution < -0.4 is 26.4 Å². The van der Waals surface area contributed by atoms with Crippen LogP contribution in [0.25, 0.3) is 0 Å². The first-order chi connectivity index (χ1) is 34.2. The largest absolute Gasteiger partial charge is 0.416 e. The third-order valence-electron chi connectivity index (χ3n) is 11.0. The molecule has 5 aromatic carbocycles. The van der Waals surface area contributed by atoms with E-state index in [2.05, 4.69) is 4.98 Å². The Hall–Kier alpha value is -6.98. The molecule has 0 spiro atoms. The fraction of sp³-hybridized carbons (Fsp3) is 0.222. The number of Topliss-reactive ketones (excluding diaryl/α,β-unsaturated/α-hetero) is 1. The molecule has 1 aromatic heterocycles. The number of aromatic nitrogens is 2. The van der Waals surface area contributed by atoms with Crippen molar-refractivity contribution in [3.8, 4) is 0 Å². The SMILES string of the molecule is FC(F)(F)c1cc([B-](c2cc(C(F)(F)F)cc(C(F)(F)F)c2)(c2cc(C(F)(F)F)cc(C(F)(F)F)c2)c2cc(C(F)(F)F)cc(C(F)(F)F)c2)cc(C(F)(F)F)c1.O=C(C[n+]1ccncc1)c1ccc(C(F)(F)F)cc1. The van der Waals surface area contributed by atoms with Crippen LogP contribution in [0.4, 0.5) is 119 Å². The molecule has 0 N–H and O–H groups in total. The number of nitrogens with zero attached hydrogens (tertiary/aromatic N) is 2. The molecule has 1 heterocycles. The molecule has 0 radical (unpaired) electrons. The van der Waals surface area contributed by atoms with Crippen LogP contribution in [0.1, 0.15) is 60.4 Å². The van der Waals surface area contributed by atoms with Gasteiger partial charge in [-0.2, -0.15) is 145 Å². The first kappa shape index (κ1) is 59.9. The zero-order chi connectivity index (χ0) is 57.8. The van der Waals surface area contributed by atoms with E-state index in [1.165, 1.54) is 24.5 Å². The van der Waals surface area contributed by atoms with Gasteiger partial charge in [-0.25, -0.2) is 0 Å². The highest BCUT2D eigenvalue weighted by Gasteiger charge is 2.47. The molecule has 0 atom stereocenters. The number of benzene rings is 5. The van der Waals surface area contributed by atoms with E-state index in [9.17, 15) is 123 Å². The molecule has 0 unspecified atom stereocenters. The standard InChI is InChI=1S/C32H12BF24.C13H10F3N2O/c34-25(35,36)13-1-14(26(37,38)39)6-21(5-13)33(22-7-15(27(40,41)42)2-16(8-22)28(43,44)45,23-9-17(29(46,47)48)3-18(10-23)30(49,50)51)24-11-19(31(52,53)54)4-20(12-24)32(55,56)57;14-13(15,16)11-3-1-10(2-4-11)12(19)9-18-7-5-17-6-8-18/h1-12H;1-8H,9H2/q-1;+1. The van der Waals surface area contributed by atoms with Crippen molar-refractivity contribution < 1.29 is 128 Å². The Labute approximate surface area is 406 Å². The fourth-order valence-corrected chi connectivity index (χ4v) is 7.63. The van der Waals surface area contributed by atoms with Gasteiger partial charge < -0.3 is 0 Å². The van der Waals surface area contributed by atoms with Gasteiger partial charge in [0.25, 0.3) is 0 Å². The maximum absolute atomic E-state index is 14.2. The second kappa shape index (κ2) is 20.2. The summed E-state index contributed by atoms with van der Waals surface area (Å²) in [6.45, 7) is 0.0634. The average molecular weight is 1130 g/mol. The lowest BCUT2D eigenvalue weighted by Crippen LogP contribution is -2.75. The molecular formula is C45H22BF27N2O. The molecule has 0 bridgehead atoms. The minimum atomic E-state index is -6.13. The van der Waals surface area contributed by atoms with Gasteiger partial charge in [-0.15, -0.1) is 0 Å². The summed E-state index contributed by atoms with van der Waals surface area (Å²) in [5.41, 5.74) is -30.7. The van der Waals surface area contributed by atoms with Crippen molar-refractivity contribution in [2.24, 2.45) is 0 Å². The highest BCUT2D eigenvalue weighted by atomic mass is 19.4. The molecule has 76 heavy (non-hydrogen) atoms. The number of carbonyl (C=O) groups is 1. The summed E-state index contributed by atoms with van der Waals surface area (Å²) in [7, 11) is 0. The predicted octanol–water partition coefficient (Wildman–Crippen LogP) is 13.5. The summed E-state index contributed by atoms with van der Waals surface area (Å²) >= 11 is 0. The third-order valence-corrected chi connectivity index (χ3v) is 11.0. The van der Waals surface area contributed by atoms with E-state index >= 15 is 0 Å². The van der Waals surface area contributed by atoms with Crippen LogP contribution in [0.2, 0.25) is 0 Å². The summed E-state index contributed by atoms with van der Waals surface area (Å²) in [6.07, 6.45) is -52.9. The lowest BCUT2D eigenvalue weighted by atomic mass is 9.12. The highest BCUT2D eigenvalue weighted by Crippen LogP contribution is 2.41. The van der Waals surface area contributed by atoms with Crippen LogP contribution in [0.15, 0.2) is 122 Å². The monoisotopic (exact) mass is 1130 g/mol. The molecule has 3 nitrogen and oxygen atoms in total. The molecule has 0 fully saturated rings. The van der Waals surface area contributed by atoms with Crippen molar-refractivity contribution in [1.29, 1.82) is 0 Å². The van der Waals surface area contributed by atoms with Crippen molar-refractivity contribution in [2.75, 3.05) is 0 Å². The van der Waals surface area contributed by atoms with Crippen molar-refractivity contribution in [3.05, 3.63) is 177 Å². The highest BCUT2D eigenvalue weighted by molar-refractivity contribution is 7.20. The molecule has 0 aliphatic rings. The molecule has 31 heteroatoms. The summed E-state index contributed by atoms with van der Waals surface area (Å²) in [6, 6.07) is -4.62. The van der Waals surface area contributed by atoms with E-state index in [1.807, 2.05) is 0 Å². The Morgan fingerprint density at radius 2 is 0.539 bits per heavy atom. The van der Waals surface area contributed by atoms with Crippen molar-refractivity contribution in [1.82, 2.24) is 4.98 Å². The smallest absolute Gasteiger partial charge is 0.287 e. The van der Waals surface area contributed by atoms with E-state index < -0.39 is 206 Å². The summed E-state index contributed by atoms with van der Waals surface area (Å²) < 4.78 is 380. The van der Waals surface area contributed by atoms with E-state index in [0.29, 0.717) is 0 Å². The van der Waals surface area contributed by atoms with Gasteiger partial charge in [0.2, 0.25) is 12.3 Å². The van der Waals surface area contributed by atoms with Crippen LogP contribution >= 0.6 is 0 Å². The number of hydrogen-bond acceptors (Lipinski definition) is 2. The Balaban J connectivity index is 0.000000468. The van der Waals surface area contributed by atoms with Gasteiger partial charge in [0.15, 0.2) is 12.4 Å². The van der Waals surface area contributed by atoms with Gasteiger partial charge in [-0.3, -0.25) is 9.78 Å². The minimum absolute atomic E-state index is 0.0634. The number of alkyl halides is 27. The van der Waals surface area contributed by atoms with E-state index in [4.69, 9.17) is 0 Å². The quantitative estimate of drug-likeness (QED) is 0.0691. The summed E-state index contributed by atoms with van der Waals surface area (Å²) in [5.74, 6) is -0.259. The average Bonchev–Trinajstić information content (AvgIpc) is 3.27. The second-order valence-electron chi connectivity index (χ2n) is 16.1. The number of halogens is 27. The maximum Gasteiger partial charge on any atom is 0.416 e. The van der Waals surface area contributed by atoms with Crippen LogP contribution in [0, 0.1) is 0 Å². The first-order valence-corrected chi connectivity index (χ1v) is 20.1. The molecule has 0 amide bonds. The zero-order valence-corrected chi connectivity index (χ0v) is 36.3. The molecule has 410 valence electrons. The Morgan fingerprint density at radius 1 is 0.329 bits per heavy atom. The van der Waals surface area contributed by atoms with Gasteiger partial charge >= 0.3 is 55.6 Å². The Kier molecular flexibility index (Phi) is 15.9. The number of hydrogen-bond donors (Lipinski definition) is 0. The summed E-state index contributed by atoms with van der Waals surface area (Å²) in [4.78, 5) is 15.7. The zero-order valence-electron chi connectivity index (χ0n) is 36.3. The lowest BCUT2D eigenvalue weighted by Gasteiger charge is -2.46. The predicted molar refractivity (Wildman–Crippen MR) is 210 cm³/mol. The lowest BCUT2D eigenvalue weighted by molar-refractivity contribution is -0.683. The fourth-order valence-electron chi connectivity index (χ4n) is 7.63. The second-order valence-corrected chi connectivity index (χ2v) is 16.1. The first-order valence-electron chi connectivity index (χ1n) is 20.1. The van der Waals surface area contributed by atoms with Crippen LogP contribution in [-0.4, -0.2) is 16.9 Å². The van der Waals surface area contributed by atoms with Crippen molar-refractivity contribution in [3.63, 3.8) is 0 Å². The molecule has 0 saturated heterocycles. The van der Waals surface area contributed by atoms with Gasteiger partial charge in [-0.05, 0) is 36.4 Å². The van der Waals surface area contributed by atoms with Crippen LogP contribution in [0.3, 0.4) is 0 Å². The number of rotatable bonds is 7. The van der Waals surface area contributed by atoms with E-state index in [0.717, 1.165) is 12.1 Å². The molecule has 0 saturated carbocycles. The van der Waals surface area contributed by atoms with E-state index in [-0.39, 0.29) is 17.9 Å². The third kappa shape index (κ3) is 13.9. The van der Waals surface area contributed by atoms with Gasteiger partial charge in [-0.1, -0.05) is 60.7 Å². The Morgan fingerprint density at radius 3 is 0.737 bits per heavy atom. The van der Waals surface area contributed by atoms with Gasteiger partial charge in [0, 0.05) is 5.56 Å². The number of carbonyl (C=O) groups excluding carboxylic acids is 1. The normalized spacial score (nSPS) is 13.6. The van der Waals surface area contributed by atoms with E-state index in [1.54, 1.807) is 17.0 Å². The molecule has 6 rings (SSSR count). The van der Waals surface area contributed by atoms with Crippen molar-refractivity contribution in [2.45, 2.75) is 62.1 Å². The molecule has 0 aliphatic heterocycles. The van der Waals surface area contributed by atoms with Crippen molar-refractivity contribution >= 4 is 33.8 Å². The van der Waals surface area contributed by atoms with Gasteiger partial charge in [0.05, 0.1) is 62.5 Å². The van der Waals surface area contributed by atoms with Crippen LogP contribution in [0.5, 0.6) is 0 Å². The summed E-state index contributed by atoms with van der Waals surface area (Å²) in [5, 5.41) is 0. The maximum atomic E-state index is 14.2. The molecule has 6 aromatic rings.